The van der Waals surface area contributed by atoms with E-state index in [0.29, 0.717) is 47.5 Å². The normalized spacial score (nSPS) is 14.5. The minimum atomic E-state index is -0.129. The number of carbonyl (C=O) groups is 2. The molecule has 1 fully saturated rings. The Morgan fingerprint density at radius 2 is 1.75 bits per heavy atom. The number of nitrogens with zero attached hydrogens (tertiary/aromatic N) is 2. The summed E-state index contributed by atoms with van der Waals surface area (Å²) < 4.78 is 5.54. The highest BCUT2D eigenvalue weighted by Gasteiger charge is 2.23. The molecule has 2 amide bonds. The summed E-state index contributed by atoms with van der Waals surface area (Å²) in [4.78, 5) is 28.8. The number of hydrogen-bond donors (Lipinski definition) is 0. The van der Waals surface area contributed by atoms with Crippen molar-refractivity contribution >= 4 is 35.0 Å². The van der Waals surface area contributed by atoms with Crippen molar-refractivity contribution in [2.24, 2.45) is 0 Å². The molecule has 1 aliphatic rings. The first-order valence-corrected chi connectivity index (χ1v) is 9.91. The SMILES string of the molecule is Cc1cccc(C(=O)N2CCCN(C(=O)COc3ccc(Cl)cc3Cl)CC2)c1. The van der Waals surface area contributed by atoms with Crippen LogP contribution in [-0.2, 0) is 4.79 Å². The van der Waals surface area contributed by atoms with Crippen molar-refractivity contribution < 1.29 is 14.3 Å². The van der Waals surface area contributed by atoms with Gasteiger partial charge in [-0.3, -0.25) is 9.59 Å². The Balaban J connectivity index is 1.55. The Morgan fingerprint density at radius 1 is 1.00 bits per heavy atom. The standard InChI is InChI=1S/C21H22Cl2N2O3/c1-15-4-2-5-16(12-15)21(27)25-9-3-8-24(10-11-25)20(26)14-28-19-7-6-17(22)13-18(19)23/h2,4-7,12-13H,3,8-11,14H2,1H3. The molecule has 5 nitrogen and oxygen atoms in total. The van der Waals surface area contributed by atoms with Gasteiger partial charge in [0.05, 0.1) is 5.02 Å². The Hall–Kier alpha value is -2.24. The molecule has 28 heavy (non-hydrogen) atoms. The van der Waals surface area contributed by atoms with E-state index in [-0.39, 0.29) is 18.4 Å². The van der Waals surface area contributed by atoms with Crippen molar-refractivity contribution in [3.8, 4) is 5.75 Å². The number of rotatable bonds is 4. The number of amides is 2. The first kappa shape index (κ1) is 20.5. The molecule has 0 unspecified atom stereocenters. The number of carbonyl (C=O) groups excluding carboxylic acids is 2. The summed E-state index contributed by atoms with van der Waals surface area (Å²) in [6.45, 7) is 4.06. The molecule has 0 aromatic heterocycles. The Kier molecular flexibility index (Phi) is 6.81. The molecule has 1 aliphatic heterocycles. The molecule has 0 saturated carbocycles. The van der Waals surface area contributed by atoms with E-state index in [1.807, 2.05) is 31.2 Å². The van der Waals surface area contributed by atoms with Gasteiger partial charge in [0.15, 0.2) is 6.61 Å². The molecular weight excluding hydrogens is 399 g/mol. The maximum Gasteiger partial charge on any atom is 0.260 e. The Morgan fingerprint density at radius 3 is 2.50 bits per heavy atom. The summed E-state index contributed by atoms with van der Waals surface area (Å²) in [5.41, 5.74) is 1.73. The lowest BCUT2D eigenvalue weighted by Crippen LogP contribution is -2.39. The van der Waals surface area contributed by atoms with E-state index in [1.54, 1.807) is 28.0 Å². The predicted octanol–water partition coefficient (Wildman–Crippen LogP) is 4.06. The predicted molar refractivity (Wildman–Crippen MR) is 110 cm³/mol. The van der Waals surface area contributed by atoms with Gasteiger partial charge >= 0.3 is 0 Å². The van der Waals surface area contributed by atoms with Crippen LogP contribution in [0, 0.1) is 6.92 Å². The third-order valence-corrected chi connectivity index (χ3v) is 5.18. The number of aryl methyl sites for hydroxylation is 1. The summed E-state index contributed by atoms with van der Waals surface area (Å²) in [5.74, 6) is 0.295. The number of hydrogen-bond acceptors (Lipinski definition) is 3. The van der Waals surface area contributed by atoms with Crippen LogP contribution in [0.1, 0.15) is 22.3 Å². The minimum absolute atomic E-state index is 0.00203. The molecule has 0 N–H and O–H groups in total. The average Bonchev–Trinajstić information content (AvgIpc) is 2.93. The van der Waals surface area contributed by atoms with Crippen molar-refractivity contribution in [3.63, 3.8) is 0 Å². The van der Waals surface area contributed by atoms with Crippen LogP contribution in [0.4, 0.5) is 0 Å². The fourth-order valence-electron chi connectivity index (χ4n) is 3.15. The van der Waals surface area contributed by atoms with Crippen LogP contribution in [0.3, 0.4) is 0 Å². The number of benzene rings is 2. The molecule has 0 atom stereocenters. The monoisotopic (exact) mass is 420 g/mol. The topological polar surface area (TPSA) is 49.9 Å². The quantitative estimate of drug-likeness (QED) is 0.749. The van der Waals surface area contributed by atoms with Crippen LogP contribution >= 0.6 is 23.2 Å². The molecule has 2 aromatic carbocycles. The number of halogens is 2. The van der Waals surface area contributed by atoms with Gasteiger partial charge in [0, 0.05) is 36.8 Å². The van der Waals surface area contributed by atoms with Crippen molar-refractivity contribution in [2.45, 2.75) is 13.3 Å². The third kappa shape index (κ3) is 5.18. The first-order valence-electron chi connectivity index (χ1n) is 9.15. The van der Waals surface area contributed by atoms with E-state index in [4.69, 9.17) is 27.9 Å². The molecule has 3 rings (SSSR count). The van der Waals surface area contributed by atoms with Crippen molar-refractivity contribution in [1.82, 2.24) is 9.80 Å². The molecule has 0 spiro atoms. The van der Waals surface area contributed by atoms with Gasteiger partial charge in [-0.25, -0.2) is 0 Å². The largest absolute Gasteiger partial charge is 0.482 e. The first-order chi connectivity index (χ1) is 13.4. The zero-order valence-corrected chi connectivity index (χ0v) is 17.2. The lowest BCUT2D eigenvalue weighted by atomic mass is 10.1. The summed E-state index contributed by atoms with van der Waals surface area (Å²) in [6, 6.07) is 12.4. The summed E-state index contributed by atoms with van der Waals surface area (Å²) in [6.07, 6.45) is 0.727. The highest BCUT2D eigenvalue weighted by atomic mass is 35.5. The molecule has 148 valence electrons. The second-order valence-corrected chi connectivity index (χ2v) is 7.60. The molecule has 2 aromatic rings. The molecule has 1 saturated heterocycles. The minimum Gasteiger partial charge on any atom is -0.482 e. The highest BCUT2D eigenvalue weighted by Crippen LogP contribution is 2.27. The zero-order chi connectivity index (χ0) is 20.1. The van der Waals surface area contributed by atoms with Gasteiger partial charge < -0.3 is 14.5 Å². The average molecular weight is 421 g/mol. The van der Waals surface area contributed by atoms with Gasteiger partial charge in [0.1, 0.15) is 5.75 Å². The number of ether oxygens (including phenoxy) is 1. The molecule has 0 bridgehead atoms. The van der Waals surface area contributed by atoms with Gasteiger partial charge in [0.25, 0.3) is 11.8 Å². The lowest BCUT2D eigenvalue weighted by Gasteiger charge is -2.22. The molecule has 7 heteroatoms. The second-order valence-electron chi connectivity index (χ2n) is 6.76. The van der Waals surface area contributed by atoms with Crippen molar-refractivity contribution in [1.29, 1.82) is 0 Å². The molecule has 0 radical (unpaired) electrons. The van der Waals surface area contributed by atoms with Gasteiger partial charge in [0.2, 0.25) is 0 Å². The zero-order valence-electron chi connectivity index (χ0n) is 15.7. The highest BCUT2D eigenvalue weighted by molar-refractivity contribution is 6.35. The van der Waals surface area contributed by atoms with Crippen LogP contribution < -0.4 is 4.74 Å². The van der Waals surface area contributed by atoms with Crippen molar-refractivity contribution in [3.05, 3.63) is 63.6 Å². The third-order valence-electron chi connectivity index (χ3n) is 4.65. The van der Waals surface area contributed by atoms with E-state index >= 15 is 0 Å². The molecular formula is C21H22Cl2N2O3. The van der Waals surface area contributed by atoms with E-state index in [2.05, 4.69) is 0 Å². The molecule has 1 heterocycles. The van der Waals surface area contributed by atoms with E-state index in [1.165, 1.54) is 0 Å². The fraction of sp³-hybridized carbons (Fsp3) is 0.333. The van der Waals surface area contributed by atoms with E-state index < -0.39 is 0 Å². The second kappa shape index (κ2) is 9.30. The van der Waals surface area contributed by atoms with Crippen molar-refractivity contribution in [2.75, 3.05) is 32.8 Å². The van der Waals surface area contributed by atoms with E-state index in [9.17, 15) is 9.59 Å². The van der Waals surface area contributed by atoms with Crippen LogP contribution in [-0.4, -0.2) is 54.4 Å². The lowest BCUT2D eigenvalue weighted by molar-refractivity contribution is -0.133. The van der Waals surface area contributed by atoms with Crippen LogP contribution in [0.25, 0.3) is 0 Å². The van der Waals surface area contributed by atoms with Gasteiger partial charge in [-0.05, 0) is 43.7 Å². The fourth-order valence-corrected chi connectivity index (χ4v) is 3.62. The van der Waals surface area contributed by atoms with Crippen LogP contribution in [0.15, 0.2) is 42.5 Å². The van der Waals surface area contributed by atoms with E-state index in [0.717, 1.165) is 12.0 Å². The summed E-state index contributed by atoms with van der Waals surface area (Å²) in [5, 5.41) is 0.876. The van der Waals surface area contributed by atoms with Gasteiger partial charge in [-0.1, -0.05) is 40.9 Å². The van der Waals surface area contributed by atoms with Gasteiger partial charge in [-0.15, -0.1) is 0 Å². The van der Waals surface area contributed by atoms with Crippen LogP contribution in [0.5, 0.6) is 5.75 Å². The maximum atomic E-state index is 12.7. The maximum absolute atomic E-state index is 12.7. The Labute approximate surface area is 174 Å². The molecule has 0 aliphatic carbocycles. The summed E-state index contributed by atoms with van der Waals surface area (Å²) in [7, 11) is 0. The smallest absolute Gasteiger partial charge is 0.260 e. The van der Waals surface area contributed by atoms with Gasteiger partial charge in [-0.2, -0.15) is 0 Å². The Bertz CT molecular complexity index is 872. The van der Waals surface area contributed by atoms with Crippen LogP contribution in [0.2, 0.25) is 10.0 Å². The summed E-state index contributed by atoms with van der Waals surface area (Å²) >= 11 is 11.9.